The number of benzene rings is 1. The molecule has 1 unspecified atom stereocenters. The summed E-state index contributed by atoms with van der Waals surface area (Å²) in [5.74, 6) is 1.91. The Morgan fingerprint density at radius 2 is 1.95 bits per heavy atom. The molecule has 1 atom stereocenters. The van der Waals surface area contributed by atoms with Crippen LogP contribution in [0.15, 0.2) is 29.3 Å². The van der Waals surface area contributed by atoms with Crippen molar-refractivity contribution >= 4 is 5.78 Å². The number of allylic oxidation sites excluding steroid dienone is 2. The lowest BCUT2D eigenvalue weighted by Gasteiger charge is -2.44. The molecular formula is C20H26O2. The SMILES string of the molecule is COc1ccc(C2CCC3=C(CCC(=O)C3)C2(C)C)cc1C. The Bertz CT molecular complexity index is 637. The molecule has 0 heterocycles. The molecule has 0 saturated heterocycles. The van der Waals surface area contributed by atoms with Crippen molar-refractivity contribution in [1.29, 1.82) is 0 Å². The van der Waals surface area contributed by atoms with Gasteiger partial charge in [0, 0.05) is 12.8 Å². The van der Waals surface area contributed by atoms with Gasteiger partial charge in [-0.25, -0.2) is 0 Å². The Morgan fingerprint density at radius 3 is 2.64 bits per heavy atom. The van der Waals surface area contributed by atoms with Gasteiger partial charge in [-0.3, -0.25) is 4.79 Å². The van der Waals surface area contributed by atoms with Crippen molar-refractivity contribution < 1.29 is 9.53 Å². The topological polar surface area (TPSA) is 26.3 Å². The Labute approximate surface area is 133 Å². The molecule has 22 heavy (non-hydrogen) atoms. The van der Waals surface area contributed by atoms with Gasteiger partial charge >= 0.3 is 0 Å². The van der Waals surface area contributed by atoms with E-state index in [1.807, 2.05) is 0 Å². The number of Topliss-reactive ketones (excluding diaryl/α,β-unsaturated/α-hetero) is 1. The molecular weight excluding hydrogens is 272 g/mol. The second-order valence-electron chi connectivity index (χ2n) is 7.34. The molecule has 0 saturated carbocycles. The first-order chi connectivity index (χ1) is 10.4. The number of methoxy groups -OCH3 is 1. The zero-order valence-corrected chi connectivity index (χ0v) is 14.2. The Hall–Kier alpha value is -1.57. The summed E-state index contributed by atoms with van der Waals surface area (Å²) in [7, 11) is 1.72. The summed E-state index contributed by atoms with van der Waals surface area (Å²) in [5.41, 5.74) is 5.75. The van der Waals surface area contributed by atoms with E-state index in [1.54, 1.807) is 12.7 Å². The molecule has 0 aromatic heterocycles. The van der Waals surface area contributed by atoms with E-state index in [1.165, 1.54) is 16.7 Å². The zero-order valence-electron chi connectivity index (χ0n) is 14.2. The van der Waals surface area contributed by atoms with Crippen LogP contribution in [-0.2, 0) is 4.79 Å². The third kappa shape index (κ3) is 2.49. The second kappa shape index (κ2) is 5.57. The first-order valence-corrected chi connectivity index (χ1v) is 8.31. The van der Waals surface area contributed by atoms with Crippen molar-refractivity contribution in [2.45, 2.75) is 58.8 Å². The van der Waals surface area contributed by atoms with Gasteiger partial charge in [0.25, 0.3) is 0 Å². The van der Waals surface area contributed by atoms with E-state index < -0.39 is 0 Å². The van der Waals surface area contributed by atoms with Gasteiger partial charge in [0.05, 0.1) is 7.11 Å². The molecule has 2 nitrogen and oxygen atoms in total. The van der Waals surface area contributed by atoms with Crippen LogP contribution in [0.25, 0.3) is 0 Å². The second-order valence-corrected chi connectivity index (χ2v) is 7.34. The van der Waals surface area contributed by atoms with Crippen LogP contribution < -0.4 is 4.74 Å². The van der Waals surface area contributed by atoms with Crippen molar-refractivity contribution in [1.82, 2.24) is 0 Å². The predicted molar refractivity (Wildman–Crippen MR) is 89.4 cm³/mol. The lowest BCUT2D eigenvalue weighted by Crippen LogP contribution is -2.32. The summed E-state index contributed by atoms with van der Waals surface area (Å²) in [6, 6.07) is 6.59. The average Bonchev–Trinajstić information content (AvgIpc) is 2.46. The van der Waals surface area contributed by atoms with Gasteiger partial charge in [0.15, 0.2) is 0 Å². The minimum Gasteiger partial charge on any atom is -0.496 e. The summed E-state index contributed by atoms with van der Waals surface area (Å²) < 4.78 is 5.39. The van der Waals surface area contributed by atoms with Crippen LogP contribution in [0, 0.1) is 12.3 Å². The first-order valence-electron chi connectivity index (χ1n) is 8.31. The number of aryl methyl sites for hydroxylation is 1. The Kier molecular flexibility index (Phi) is 3.88. The molecule has 1 aromatic carbocycles. The van der Waals surface area contributed by atoms with E-state index in [0.717, 1.165) is 31.4 Å². The summed E-state index contributed by atoms with van der Waals surface area (Å²) in [5, 5.41) is 0. The van der Waals surface area contributed by atoms with E-state index in [0.29, 0.717) is 18.1 Å². The van der Waals surface area contributed by atoms with Crippen LogP contribution >= 0.6 is 0 Å². The summed E-state index contributed by atoms with van der Waals surface area (Å²) in [4.78, 5) is 11.7. The van der Waals surface area contributed by atoms with Gasteiger partial charge in [0.2, 0.25) is 0 Å². The standard InChI is InChI=1S/C20H26O2/c1-13-11-14(6-10-19(13)22-4)17-8-5-15-12-16(21)7-9-18(15)20(17,2)3/h6,10-11,17H,5,7-9,12H2,1-4H3. The number of ether oxygens (including phenoxy) is 1. The fourth-order valence-electron chi connectivity index (χ4n) is 4.48. The Balaban J connectivity index is 1.96. The maximum absolute atomic E-state index is 11.7. The largest absolute Gasteiger partial charge is 0.496 e. The van der Waals surface area contributed by atoms with Gasteiger partial charge in [0.1, 0.15) is 11.5 Å². The number of carbonyl (C=O) groups is 1. The van der Waals surface area contributed by atoms with Crippen LogP contribution in [0.5, 0.6) is 5.75 Å². The molecule has 0 N–H and O–H groups in total. The van der Waals surface area contributed by atoms with Crippen molar-refractivity contribution in [2.75, 3.05) is 7.11 Å². The third-order valence-electron chi connectivity index (χ3n) is 5.70. The first kappa shape index (κ1) is 15.3. The normalized spacial score (nSPS) is 24.2. The molecule has 1 aromatic rings. The highest BCUT2D eigenvalue weighted by molar-refractivity contribution is 5.83. The molecule has 0 radical (unpaired) electrons. The van der Waals surface area contributed by atoms with Crippen molar-refractivity contribution in [3.8, 4) is 5.75 Å². The van der Waals surface area contributed by atoms with Crippen LogP contribution in [0.4, 0.5) is 0 Å². The third-order valence-corrected chi connectivity index (χ3v) is 5.70. The highest BCUT2D eigenvalue weighted by Crippen LogP contribution is 2.53. The van der Waals surface area contributed by atoms with Crippen LogP contribution in [0.3, 0.4) is 0 Å². The quantitative estimate of drug-likeness (QED) is 0.722. The van der Waals surface area contributed by atoms with Gasteiger partial charge in [-0.05, 0) is 54.7 Å². The zero-order chi connectivity index (χ0) is 15.9. The summed E-state index contributed by atoms with van der Waals surface area (Å²) in [6.45, 7) is 6.84. The lowest BCUT2D eigenvalue weighted by molar-refractivity contribution is -0.118. The van der Waals surface area contributed by atoms with E-state index >= 15 is 0 Å². The summed E-state index contributed by atoms with van der Waals surface area (Å²) >= 11 is 0. The minimum absolute atomic E-state index is 0.148. The highest BCUT2D eigenvalue weighted by Gasteiger charge is 2.40. The monoisotopic (exact) mass is 298 g/mol. The maximum Gasteiger partial charge on any atom is 0.137 e. The smallest absolute Gasteiger partial charge is 0.137 e. The van der Waals surface area contributed by atoms with Gasteiger partial charge in [-0.15, -0.1) is 0 Å². The molecule has 3 rings (SSSR count). The Morgan fingerprint density at radius 1 is 1.18 bits per heavy atom. The molecule has 118 valence electrons. The fourth-order valence-corrected chi connectivity index (χ4v) is 4.48. The van der Waals surface area contributed by atoms with Crippen molar-refractivity contribution in [3.05, 3.63) is 40.5 Å². The van der Waals surface area contributed by atoms with Crippen LogP contribution in [0.1, 0.15) is 63.0 Å². The average molecular weight is 298 g/mol. The van der Waals surface area contributed by atoms with E-state index in [2.05, 4.69) is 39.0 Å². The molecule has 0 fully saturated rings. The molecule has 2 heteroatoms. The van der Waals surface area contributed by atoms with Gasteiger partial charge in [-0.2, -0.15) is 0 Å². The number of hydrogen-bond donors (Lipinski definition) is 0. The van der Waals surface area contributed by atoms with E-state index in [4.69, 9.17) is 4.74 Å². The number of hydrogen-bond acceptors (Lipinski definition) is 2. The maximum atomic E-state index is 11.7. The van der Waals surface area contributed by atoms with Gasteiger partial charge < -0.3 is 4.74 Å². The lowest BCUT2D eigenvalue weighted by atomic mass is 9.60. The fraction of sp³-hybridized carbons (Fsp3) is 0.550. The van der Waals surface area contributed by atoms with E-state index in [9.17, 15) is 4.79 Å². The number of ketones is 1. The van der Waals surface area contributed by atoms with E-state index in [-0.39, 0.29) is 5.41 Å². The number of carbonyl (C=O) groups excluding carboxylic acids is 1. The molecule has 0 amide bonds. The molecule has 2 aliphatic carbocycles. The highest BCUT2D eigenvalue weighted by atomic mass is 16.5. The summed E-state index contributed by atoms with van der Waals surface area (Å²) in [6.07, 6.45) is 4.63. The van der Waals surface area contributed by atoms with Crippen LogP contribution in [0.2, 0.25) is 0 Å². The van der Waals surface area contributed by atoms with Crippen molar-refractivity contribution in [3.63, 3.8) is 0 Å². The van der Waals surface area contributed by atoms with Crippen LogP contribution in [-0.4, -0.2) is 12.9 Å². The number of rotatable bonds is 2. The molecule has 0 aliphatic heterocycles. The molecule has 2 aliphatic rings. The molecule has 0 bridgehead atoms. The predicted octanol–water partition coefficient (Wildman–Crippen LogP) is 4.96. The minimum atomic E-state index is 0.148. The van der Waals surface area contributed by atoms with Gasteiger partial charge in [-0.1, -0.05) is 37.1 Å². The van der Waals surface area contributed by atoms with Crippen molar-refractivity contribution in [2.24, 2.45) is 5.41 Å². The molecule has 0 spiro atoms.